The van der Waals surface area contributed by atoms with E-state index in [1.54, 1.807) is 0 Å². The van der Waals surface area contributed by atoms with E-state index in [-0.39, 0.29) is 0 Å². The number of rotatable bonds is 7. The van der Waals surface area contributed by atoms with Crippen molar-refractivity contribution in [1.82, 2.24) is 15.3 Å². The number of nitrogens with zero attached hydrogens (tertiary/aromatic N) is 2. The first-order valence-corrected chi connectivity index (χ1v) is 9.97. The maximum absolute atomic E-state index is 3.61. The molecule has 3 unspecified atom stereocenters. The van der Waals surface area contributed by atoms with E-state index in [4.69, 9.17) is 0 Å². The van der Waals surface area contributed by atoms with Gasteiger partial charge in [-0.3, -0.25) is 0 Å². The van der Waals surface area contributed by atoms with E-state index < -0.39 is 0 Å². The summed E-state index contributed by atoms with van der Waals surface area (Å²) in [6, 6.07) is 0.724. The van der Waals surface area contributed by atoms with E-state index in [1.807, 2.05) is 0 Å². The van der Waals surface area contributed by atoms with E-state index in [0.29, 0.717) is 0 Å². The Morgan fingerprint density at radius 1 is 0.955 bits per heavy atom. The smallest absolute Gasteiger partial charge is 0.0371 e. The topological polar surface area (TPSA) is 18.5 Å². The van der Waals surface area contributed by atoms with Gasteiger partial charge in [0.15, 0.2) is 0 Å². The van der Waals surface area contributed by atoms with Gasteiger partial charge < -0.3 is 5.32 Å². The van der Waals surface area contributed by atoms with Gasteiger partial charge in [-0.05, 0) is 24.2 Å². The van der Waals surface area contributed by atoms with Gasteiger partial charge in [0, 0.05) is 38.8 Å². The van der Waals surface area contributed by atoms with Crippen molar-refractivity contribution in [2.75, 3.05) is 32.7 Å². The SMILES string of the molecule is CCCCC1CNCCN1N1CC(CC)C(CC)C(CC)C1. The van der Waals surface area contributed by atoms with Crippen LogP contribution in [0.1, 0.15) is 66.2 Å². The summed E-state index contributed by atoms with van der Waals surface area (Å²) >= 11 is 0. The Kier molecular flexibility index (Phi) is 7.66. The van der Waals surface area contributed by atoms with Crippen molar-refractivity contribution in [2.45, 2.75) is 72.3 Å². The van der Waals surface area contributed by atoms with Gasteiger partial charge in [0.25, 0.3) is 0 Å². The van der Waals surface area contributed by atoms with Gasteiger partial charge in [0.1, 0.15) is 0 Å². The molecule has 0 saturated carbocycles. The predicted octanol–water partition coefficient (Wildman–Crippen LogP) is 3.76. The van der Waals surface area contributed by atoms with E-state index in [9.17, 15) is 0 Å². The third-order valence-corrected chi connectivity index (χ3v) is 6.20. The number of hydrazine groups is 1. The van der Waals surface area contributed by atoms with Crippen LogP contribution in [-0.2, 0) is 0 Å². The van der Waals surface area contributed by atoms with Gasteiger partial charge in [-0.2, -0.15) is 0 Å². The molecule has 130 valence electrons. The lowest BCUT2D eigenvalue weighted by molar-refractivity contribution is -0.126. The lowest BCUT2D eigenvalue weighted by Crippen LogP contribution is -2.62. The largest absolute Gasteiger partial charge is 0.314 e. The first-order valence-electron chi connectivity index (χ1n) is 9.97. The van der Waals surface area contributed by atoms with Crippen LogP contribution in [0.25, 0.3) is 0 Å². The number of unbranched alkanes of at least 4 members (excludes halogenated alkanes) is 1. The van der Waals surface area contributed by atoms with Crippen molar-refractivity contribution < 1.29 is 0 Å². The zero-order chi connectivity index (χ0) is 15.9. The minimum Gasteiger partial charge on any atom is -0.314 e. The third-order valence-electron chi connectivity index (χ3n) is 6.20. The Bertz CT molecular complexity index is 293. The van der Waals surface area contributed by atoms with Crippen LogP contribution in [0.4, 0.5) is 0 Å². The number of piperidine rings is 1. The third kappa shape index (κ3) is 4.24. The second kappa shape index (κ2) is 9.24. The van der Waals surface area contributed by atoms with Crippen molar-refractivity contribution in [1.29, 1.82) is 0 Å². The summed E-state index contributed by atoms with van der Waals surface area (Å²) in [6.07, 6.45) is 8.09. The van der Waals surface area contributed by atoms with Crippen LogP contribution >= 0.6 is 0 Å². The van der Waals surface area contributed by atoms with Crippen LogP contribution in [0.3, 0.4) is 0 Å². The maximum atomic E-state index is 3.61. The van der Waals surface area contributed by atoms with Crippen LogP contribution in [0, 0.1) is 17.8 Å². The molecule has 0 aromatic heterocycles. The molecule has 0 bridgehead atoms. The average molecular weight is 310 g/mol. The Morgan fingerprint density at radius 2 is 1.64 bits per heavy atom. The maximum Gasteiger partial charge on any atom is 0.0371 e. The van der Waals surface area contributed by atoms with Crippen molar-refractivity contribution in [2.24, 2.45) is 17.8 Å². The average Bonchev–Trinajstić information content (AvgIpc) is 2.58. The Morgan fingerprint density at radius 3 is 2.18 bits per heavy atom. The Hall–Kier alpha value is -0.120. The van der Waals surface area contributed by atoms with Crippen molar-refractivity contribution in [3.8, 4) is 0 Å². The van der Waals surface area contributed by atoms with E-state index in [0.717, 1.165) is 30.3 Å². The standard InChI is InChI=1S/C19H39N3/c1-5-9-10-18-13-20-11-12-22(18)21-14-16(6-2)19(8-4)17(7-3)15-21/h16-20H,5-15H2,1-4H3. The Labute approximate surface area is 138 Å². The molecule has 0 aromatic rings. The minimum absolute atomic E-state index is 0.724. The highest BCUT2D eigenvalue weighted by molar-refractivity contribution is 4.87. The molecular formula is C19H39N3. The van der Waals surface area contributed by atoms with Gasteiger partial charge >= 0.3 is 0 Å². The molecule has 3 heteroatoms. The van der Waals surface area contributed by atoms with Crippen molar-refractivity contribution in [3.63, 3.8) is 0 Å². The zero-order valence-corrected chi connectivity index (χ0v) is 15.5. The van der Waals surface area contributed by atoms with Gasteiger partial charge in [-0.1, -0.05) is 59.8 Å². The molecule has 2 fully saturated rings. The molecule has 2 aliphatic rings. The lowest BCUT2D eigenvalue weighted by Gasteiger charge is -2.51. The normalized spacial score (nSPS) is 34.9. The first kappa shape index (κ1) is 18.2. The molecule has 2 aliphatic heterocycles. The Balaban J connectivity index is 2.05. The molecule has 0 aromatic carbocycles. The zero-order valence-electron chi connectivity index (χ0n) is 15.5. The second-order valence-corrected chi connectivity index (χ2v) is 7.44. The van der Waals surface area contributed by atoms with Crippen molar-refractivity contribution in [3.05, 3.63) is 0 Å². The van der Waals surface area contributed by atoms with Crippen molar-refractivity contribution >= 4 is 0 Å². The number of piperazine rings is 1. The molecule has 3 atom stereocenters. The summed E-state index contributed by atoms with van der Waals surface area (Å²) in [6.45, 7) is 15.7. The molecule has 0 amide bonds. The molecule has 2 rings (SSSR count). The molecule has 1 N–H and O–H groups in total. The highest BCUT2D eigenvalue weighted by Crippen LogP contribution is 2.36. The van der Waals surface area contributed by atoms with Gasteiger partial charge in [-0.15, -0.1) is 0 Å². The van der Waals surface area contributed by atoms with Crippen LogP contribution in [0.15, 0.2) is 0 Å². The van der Waals surface area contributed by atoms with Crippen LogP contribution in [0.2, 0.25) is 0 Å². The van der Waals surface area contributed by atoms with Crippen LogP contribution in [0.5, 0.6) is 0 Å². The van der Waals surface area contributed by atoms with Crippen LogP contribution in [-0.4, -0.2) is 48.8 Å². The molecule has 3 nitrogen and oxygen atoms in total. The summed E-state index contributed by atoms with van der Waals surface area (Å²) in [5, 5.41) is 9.13. The highest BCUT2D eigenvalue weighted by atomic mass is 15.6. The number of hydrogen-bond donors (Lipinski definition) is 1. The van der Waals surface area contributed by atoms with E-state index >= 15 is 0 Å². The second-order valence-electron chi connectivity index (χ2n) is 7.44. The van der Waals surface area contributed by atoms with E-state index in [2.05, 4.69) is 43.0 Å². The molecular weight excluding hydrogens is 270 g/mol. The van der Waals surface area contributed by atoms with E-state index in [1.165, 1.54) is 64.7 Å². The summed E-state index contributed by atoms with van der Waals surface area (Å²) in [5.74, 6) is 2.74. The number of nitrogens with one attached hydrogen (secondary N) is 1. The summed E-state index contributed by atoms with van der Waals surface area (Å²) in [5.41, 5.74) is 0. The molecule has 2 heterocycles. The molecule has 0 spiro atoms. The fourth-order valence-corrected chi connectivity index (χ4v) is 4.83. The lowest BCUT2D eigenvalue weighted by atomic mass is 9.74. The fourth-order valence-electron chi connectivity index (χ4n) is 4.83. The number of hydrogen-bond acceptors (Lipinski definition) is 3. The summed E-state index contributed by atoms with van der Waals surface area (Å²) in [7, 11) is 0. The highest BCUT2D eigenvalue weighted by Gasteiger charge is 2.38. The monoisotopic (exact) mass is 309 g/mol. The quantitative estimate of drug-likeness (QED) is 0.772. The van der Waals surface area contributed by atoms with Crippen LogP contribution < -0.4 is 5.32 Å². The first-order chi connectivity index (χ1) is 10.7. The van der Waals surface area contributed by atoms with Gasteiger partial charge in [0.2, 0.25) is 0 Å². The molecule has 0 aliphatic carbocycles. The molecule has 2 saturated heterocycles. The molecule has 0 radical (unpaired) electrons. The van der Waals surface area contributed by atoms with Gasteiger partial charge in [0.05, 0.1) is 0 Å². The summed E-state index contributed by atoms with van der Waals surface area (Å²) < 4.78 is 0. The van der Waals surface area contributed by atoms with Gasteiger partial charge in [-0.25, -0.2) is 10.0 Å². The summed E-state index contributed by atoms with van der Waals surface area (Å²) in [4.78, 5) is 0. The predicted molar refractivity (Wildman–Crippen MR) is 95.8 cm³/mol. The fraction of sp³-hybridized carbons (Fsp3) is 1.00. The minimum atomic E-state index is 0.724. The molecule has 22 heavy (non-hydrogen) atoms.